The molecule has 0 spiro atoms. The van der Waals surface area contributed by atoms with Crippen molar-refractivity contribution in [3.05, 3.63) is 28.2 Å². The van der Waals surface area contributed by atoms with Crippen molar-refractivity contribution in [3.8, 4) is 5.75 Å². The summed E-state index contributed by atoms with van der Waals surface area (Å²) < 4.78 is 11.5. The average molecular weight is 345 g/mol. The van der Waals surface area contributed by atoms with Crippen molar-refractivity contribution < 1.29 is 14.3 Å². The molecular weight excluding hydrogens is 324 g/mol. The summed E-state index contributed by atoms with van der Waals surface area (Å²) in [5.74, 6) is 0.595. The number of carbonyl (C=O) groups is 1. The summed E-state index contributed by atoms with van der Waals surface area (Å²) in [4.78, 5) is 11.4. The van der Waals surface area contributed by atoms with Crippen molar-refractivity contribution in [2.45, 2.75) is 13.5 Å². The van der Waals surface area contributed by atoms with Gasteiger partial charge in [-0.1, -0.05) is 15.9 Å². The zero-order chi connectivity index (χ0) is 14.8. The van der Waals surface area contributed by atoms with Crippen LogP contribution in [0.15, 0.2) is 22.7 Å². The lowest BCUT2D eigenvalue weighted by Crippen LogP contribution is -2.28. The molecule has 2 N–H and O–H groups in total. The molecule has 0 aromatic heterocycles. The molecule has 1 rings (SSSR count). The molecule has 1 amide bonds. The van der Waals surface area contributed by atoms with E-state index in [-0.39, 0.29) is 12.5 Å². The first kappa shape index (κ1) is 16.9. The van der Waals surface area contributed by atoms with Crippen molar-refractivity contribution >= 4 is 21.8 Å². The van der Waals surface area contributed by atoms with E-state index in [9.17, 15) is 4.79 Å². The third-order valence-corrected chi connectivity index (χ3v) is 3.05. The van der Waals surface area contributed by atoms with Crippen LogP contribution < -0.4 is 15.4 Å². The van der Waals surface area contributed by atoms with Gasteiger partial charge in [-0.05, 0) is 25.1 Å². The molecule has 0 heterocycles. The predicted octanol–water partition coefficient (Wildman–Crippen LogP) is 1.70. The van der Waals surface area contributed by atoms with E-state index in [0.29, 0.717) is 25.4 Å². The Morgan fingerprint density at radius 3 is 2.90 bits per heavy atom. The quantitative estimate of drug-likeness (QED) is 0.669. The number of halogens is 1. The summed E-state index contributed by atoms with van der Waals surface area (Å²) in [5, 5.41) is 5.96. The van der Waals surface area contributed by atoms with Gasteiger partial charge in [0.25, 0.3) is 5.91 Å². The Morgan fingerprint density at radius 1 is 1.40 bits per heavy atom. The molecule has 0 bridgehead atoms. The highest BCUT2D eigenvalue weighted by molar-refractivity contribution is 9.10. The van der Waals surface area contributed by atoms with E-state index in [2.05, 4.69) is 26.6 Å². The molecule has 1 aromatic carbocycles. The fourth-order valence-electron chi connectivity index (χ4n) is 1.62. The predicted molar refractivity (Wildman–Crippen MR) is 81.9 cm³/mol. The lowest BCUT2D eigenvalue weighted by Gasteiger charge is -2.12. The van der Waals surface area contributed by atoms with Crippen LogP contribution in [0.5, 0.6) is 5.75 Å². The molecule has 20 heavy (non-hydrogen) atoms. The van der Waals surface area contributed by atoms with E-state index in [0.717, 1.165) is 16.6 Å². The molecule has 0 radical (unpaired) electrons. The SMILES string of the molecule is CCNC(=O)COc1ccc(Br)cc1CNCCOC. The number of ether oxygens (including phenoxy) is 2. The van der Waals surface area contributed by atoms with E-state index in [1.165, 1.54) is 0 Å². The summed E-state index contributed by atoms with van der Waals surface area (Å²) in [6.07, 6.45) is 0. The van der Waals surface area contributed by atoms with Gasteiger partial charge in [-0.2, -0.15) is 0 Å². The van der Waals surface area contributed by atoms with E-state index in [4.69, 9.17) is 9.47 Å². The molecule has 1 aromatic rings. The Morgan fingerprint density at radius 2 is 2.20 bits per heavy atom. The number of amides is 1. The van der Waals surface area contributed by atoms with Gasteiger partial charge >= 0.3 is 0 Å². The molecule has 0 saturated carbocycles. The second kappa shape index (κ2) is 9.74. The summed E-state index contributed by atoms with van der Waals surface area (Å²) in [6.45, 7) is 4.59. The van der Waals surface area contributed by atoms with Crippen LogP contribution in [0.4, 0.5) is 0 Å². The Labute approximate surface area is 128 Å². The molecule has 5 nitrogen and oxygen atoms in total. The van der Waals surface area contributed by atoms with Gasteiger partial charge in [0.1, 0.15) is 5.75 Å². The van der Waals surface area contributed by atoms with Crippen molar-refractivity contribution in [1.29, 1.82) is 0 Å². The zero-order valence-corrected chi connectivity index (χ0v) is 13.5. The van der Waals surface area contributed by atoms with Gasteiger partial charge in [-0.3, -0.25) is 4.79 Å². The maximum absolute atomic E-state index is 11.4. The van der Waals surface area contributed by atoms with Crippen LogP contribution in [0, 0.1) is 0 Å². The Hall–Kier alpha value is -1.11. The smallest absolute Gasteiger partial charge is 0.257 e. The molecule has 6 heteroatoms. The molecule has 0 atom stereocenters. The summed E-state index contributed by atoms with van der Waals surface area (Å²) in [5.41, 5.74) is 1.000. The Kier molecular flexibility index (Phi) is 8.25. The van der Waals surface area contributed by atoms with Crippen molar-refractivity contribution in [2.24, 2.45) is 0 Å². The van der Waals surface area contributed by atoms with Crippen molar-refractivity contribution in [1.82, 2.24) is 10.6 Å². The fraction of sp³-hybridized carbons (Fsp3) is 0.500. The topological polar surface area (TPSA) is 59.6 Å². The van der Waals surface area contributed by atoms with E-state index in [1.807, 2.05) is 25.1 Å². The molecule has 0 aliphatic heterocycles. The molecule has 112 valence electrons. The fourth-order valence-corrected chi connectivity index (χ4v) is 2.02. The molecular formula is C14H21BrN2O3. The number of hydrogen-bond acceptors (Lipinski definition) is 4. The summed E-state index contributed by atoms with van der Waals surface area (Å²) >= 11 is 3.44. The van der Waals surface area contributed by atoms with Crippen LogP contribution in [0.1, 0.15) is 12.5 Å². The van der Waals surface area contributed by atoms with E-state index in [1.54, 1.807) is 7.11 Å². The van der Waals surface area contributed by atoms with Crippen LogP contribution in [-0.4, -0.2) is 39.3 Å². The van der Waals surface area contributed by atoms with Gasteiger partial charge in [0, 0.05) is 36.8 Å². The molecule has 0 unspecified atom stereocenters. The lowest BCUT2D eigenvalue weighted by atomic mass is 10.2. The van der Waals surface area contributed by atoms with Gasteiger partial charge in [0.15, 0.2) is 6.61 Å². The maximum Gasteiger partial charge on any atom is 0.257 e. The van der Waals surface area contributed by atoms with Crippen molar-refractivity contribution in [3.63, 3.8) is 0 Å². The van der Waals surface area contributed by atoms with E-state index < -0.39 is 0 Å². The highest BCUT2D eigenvalue weighted by Crippen LogP contribution is 2.23. The van der Waals surface area contributed by atoms with Crippen LogP contribution in [-0.2, 0) is 16.1 Å². The number of likely N-dealkylation sites (N-methyl/N-ethyl adjacent to an activating group) is 1. The minimum absolute atomic E-state index is 0.0283. The Bertz CT molecular complexity index is 427. The molecule has 0 aliphatic rings. The van der Waals surface area contributed by atoms with Crippen molar-refractivity contribution in [2.75, 3.05) is 33.4 Å². The number of benzene rings is 1. The third-order valence-electron chi connectivity index (χ3n) is 2.55. The van der Waals surface area contributed by atoms with Gasteiger partial charge in [0.05, 0.1) is 6.61 Å². The lowest BCUT2D eigenvalue weighted by molar-refractivity contribution is -0.122. The van der Waals surface area contributed by atoms with Gasteiger partial charge < -0.3 is 20.1 Å². The van der Waals surface area contributed by atoms with Gasteiger partial charge in [0.2, 0.25) is 0 Å². The highest BCUT2D eigenvalue weighted by Gasteiger charge is 2.07. The highest BCUT2D eigenvalue weighted by atomic mass is 79.9. The zero-order valence-electron chi connectivity index (χ0n) is 11.9. The molecule has 0 aliphatic carbocycles. The van der Waals surface area contributed by atoms with Crippen LogP contribution in [0.2, 0.25) is 0 Å². The summed E-state index contributed by atoms with van der Waals surface area (Å²) in [6, 6.07) is 5.73. The monoisotopic (exact) mass is 344 g/mol. The number of carbonyl (C=O) groups excluding carboxylic acids is 1. The second-order valence-corrected chi connectivity index (χ2v) is 5.08. The van der Waals surface area contributed by atoms with Crippen LogP contribution >= 0.6 is 15.9 Å². The largest absolute Gasteiger partial charge is 0.483 e. The molecule has 0 saturated heterocycles. The van der Waals surface area contributed by atoms with Gasteiger partial charge in [-0.15, -0.1) is 0 Å². The first-order chi connectivity index (χ1) is 9.67. The van der Waals surface area contributed by atoms with E-state index >= 15 is 0 Å². The maximum atomic E-state index is 11.4. The average Bonchev–Trinajstić information content (AvgIpc) is 2.43. The number of rotatable bonds is 9. The van der Waals surface area contributed by atoms with Gasteiger partial charge in [-0.25, -0.2) is 0 Å². The first-order valence-corrected chi connectivity index (χ1v) is 7.34. The minimum atomic E-state index is -0.117. The minimum Gasteiger partial charge on any atom is -0.483 e. The third kappa shape index (κ3) is 6.36. The second-order valence-electron chi connectivity index (χ2n) is 4.16. The Balaban J connectivity index is 2.57. The van der Waals surface area contributed by atoms with Crippen LogP contribution in [0.3, 0.4) is 0 Å². The standard InChI is InChI=1S/C14H21BrN2O3/c1-3-17-14(18)10-20-13-5-4-12(15)8-11(13)9-16-6-7-19-2/h4-5,8,16H,3,6-7,9-10H2,1-2H3,(H,17,18). The number of nitrogens with one attached hydrogen (secondary N) is 2. The van der Waals surface area contributed by atoms with Crippen LogP contribution in [0.25, 0.3) is 0 Å². The summed E-state index contributed by atoms with van der Waals surface area (Å²) in [7, 11) is 1.67. The molecule has 0 fully saturated rings. The number of hydrogen-bond donors (Lipinski definition) is 2. The number of methoxy groups -OCH3 is 1. The first-order valence-electron chi connectivity index (χ1n) is 6.55. The normalized spacial score (nSPS) is 10.3.